The first-order chi connectivity index (χ1) is 10.6. The summed E-state index contributed by atoms with van der Waals surface area (Å²) in [6, 6.07) is 0.0866. The van der Waals surface area contributed by atoms with Gasteiger partial charge in [0.1, 0.15) is 5.82 Å². The van der Waals surface area contributed by atoms with Crippen LogP contribution >= 0.6 is 0 Å². The van der Waals surface area contributed by atoms with Gasteiger partial charge in [-0.2, -0.15) is 0 Å². The molecule has 1 saturated heterocycles. The predicted octanol–water partition coefficient (Wildman–Crippen LogP) is 1.68. The summed E-state index contributed by atoms with van der Waals surface area (Å²) in [6.45, 7) is 9.40. The molecule has 0 spiro atoms. The van der Waals surface area contributed by atoms with E-state index in [2.05, 4.69) is 33.6 Å². The van der Waals surface area contributed by atoms with E-state index in [1.54, 1.807) is 0 Å². The van der Waals surface area contributed by atoms with E-state index in [0.29, 0.717) is 5.92 Å². The van der Waals surface area contributed by atoms with E-state index >= 15 is 0 Å². The third-order valence-corrected chi connectivity index (χ3v) is 4.64. The first kappa shape index (κ1) is 16.8. The van der Waals surface area contributed by atoms with Gasteiger partial charge in [0.15, 0.2) is 0 Å². The Morgan fingerprint density at radius 2 is 1.95 bits per heavy atom. The molecule has 1 aliphatic rings. The summed E-state index contributed by atoms with van der Waals surface area (Å²) in [4.78, 5) is 20.8. The Kier molecular flexibility index (Phi) is 6.24. The first-order valence-corrected chi connectivity index (χ1v) is 8.35. The summed E-state index contributed by atoms with van der Waals surface area (Å²) in [5.41, 5.74) is 0. The lowest BCUT2D eigenvalue weighted by molar-refractivity contribution is 0.132. The number of rotatable bonds is 6. The molecular weight excluding hydrogens is 278 g/mol. The van der Waals surface area contributed by atoms with Gasteiger partial charge in [-0.3, -0.25) is 4.90 Å². The minimum absolute atomic E-state index is 0.0866. The van der Waals surface area contributed by atoms with Crippen LogP contribution in [0.2, 0.25) is 0 Å². The van der Waals surface area contributed by atoms with Gasteiger partial charge >= 0.3 is 6.03 Å². The van der Waals surface area contributed by atoms with Gasteiger partial charge in [0, 0.05) is 52.2 Å². The van der Waals surface area contributed by atoms with Crippen molar-refractivity contribution in [3.05, 3.63) is 18.2 Å². The fourth-order valence-corrected chi connectivity index (χ4v) is 2.78. The van der Waals surface area contributed by atoms with E-state index in [4.69, 9.17) is 0 Å². The number of nitrogens with zero attached hydrogens (tertiary/aromatic N) is 4. The summed E-state index contributed by atoms with van der Waals surface area (Å²) in [5.74, 6) is 1.67. The van der Waals surface area contributed by atoms with Crippen LogP contribution in [0.25, 0.3) is 0 Å². The molecular formula is C16H29N5O. The molecule has 124 valence electrons. The smallest absolute Gasteiger partial charge is 0.317 e. The summed E-state index contributed by atoms with van der Waals surface area (Å²) < 4.78 is 2.05. The lowest BCUT2D eigenvalue weighted by Crippen LogP contribution is -2.52. The third kappa shape index (κ3) is 4.47. The molecule has 1 aromatic rings. The highest BCUT2D eigenvalue weighted by Crippen LogP contribution is 2.08. The maximum atomic E-state index is 12.2. The second kappa shape index (κ2) is 8.17. The molecule has 0 bridgehead atoms. The predicted molar refractivity (Wildman–Crippen MR) is 87.5 cm³/mol. The van der Waals surface area contributed by atoms with Crippen molar-refractivity contribution in [2.75, 3.05) is 32.7 Å². The number of hydrogen-bond acceptors (Lipinski definition) is 3. The van der Waals surface area contributed by atoms with Crippen LogP contribution in [-0.2, 0) is 13.6 Å². The zero-order valence-corrected chi connectivity index (χ0v) is 14.1. The van der Waals surface area contributed by atoms with Crippen LogP contribution in [0, 0.1) is 5.92 Å². The number of imidazole rings is 1. The molecule has 0 aliphatic carbocycles. The first-order valence-electron chi connectivity index (χ1n) is 8.35. The lowest BCUT2D eigenvalue weighted by Gasteiger charge is -2.34. The van der Waals surface area contributed by atoms with Gasteiger partial charge in [-0.15, -0.1) is 0 Å². The molecule has 0 aromatic carbocycles. The van der Waals surface area contributed by atoms with Gasteiger partial charge in [-0.05, 0) is 5.92 Å². The quantitative estimate of drug-likeness (QED) is 0.870. The number of urea groups is 1. The van der Waals surface area contributed by atoms with Crippen LogP contribution in [-0.4, -0.2) is 58.1 Å². The minimum atomic E-state index is 0.0866. The normalized spacial score (nSPS) is 16.3. The van der Waals surface area contributed by atoms with Crippen LogP contribution in [0.5, 0.6) is 0 Å². The molecule has 0 radical (unpaired) electrons. The number of hydrogen-bond donors (Lipinski definition) is 1. The number of amides is 2. The van der Waals surface area contributed by atoms with Crippen LogP contribution in [0.1, 0.15) is 32.5 Å². The number of aromatic nitrogens is 2. The molecule has 1 fully saturated rings. The highest BCUT2D eigenvalue weighted by Gasteiger charge is 2.22. The Bertz CT molecular complexity index is 461. The van der Waals surface area contributed by atoms with E-state index in [-0.39, 0.29) is 6.03 Å². The molecule has 2 rings (SSSR count). The van der Waals surface area contributed by atoms with Crippen LogP contribution in [0.4, 0.5) is 4.79 Å². The third-order valence-electron chi connectivity index (χ3n) is 4.64. The monoisotopic (exact) mass is 307 g/mol. The highest BCUT2D eigenvalue weighted by molar-refractivity contribution is 5.74. The van der Waals surface area contributed by atoms with Crippen molar-refractivity contribution in [1.82, 2.24) is 24.7 Å². The number of carbonyl (C=O) groups excluding carboxylic acids is 1. The SMILES string of the molecule is CCC(CC)CNC(=O)N1CCN(Cc2nccn2C)CC1. The van der Waals surface area contributed by atoms with Gasteiger partial charge in [0.05, 0.1) is 6.54 Å². The standard InChI is InChI=1S/C16H29N5O/c1-4-14(5-2)12-18-16(22)21-10-8-20(9-11-21)13-15-17-6-7-19(15)3/h6-7,14H,4-5,8-13H2,1-3H3,(H,18,22). The Hall–Kier alpha value is -1.56. The molecule has 1 aromatic heterocycles. The van der Waals surface area contributed by atoms with Crippen molar-refractivity contribution in [3.63, 3.8) is 0 Å². The molecule has 1 aliphatic heterocycles. The van der Waals surface area contributed by atoms with Gasteiger partial charge in [0.25, 0.3) is 0 Å². The molecule has 1 N–H and O–H groups in total. The Morgan fingerprint density at radius 1 is 1.27 bits per heavy atom. The second-order valence-corrected chi connectivity index (χ2v) is 6.09. The highest BCUT2D eigenvalue weighted by atomic mass is 16.2. The largest absolute Gasteiger partial charge is 0.338 e. The Balaban J connectivity index is 1.72. The fourth-order valence-electron chi connectivity index (χ4n) is 2.78. The zero-order chi connectivity index (χ0) is 15.9. The van der Waals surface area contributed by atoms with Crippen molar-refractivity contribution in [2.24, 2.45) is 13.0 Å². The zero-order valence-electron chi connectivity index (χ0n) is 14.1. The fraction of sp³-hybridized carbons (Fsp3) is 0.750. The summed E-state index contributed by atoms with van der Waals surface area (Å²) in [6.07, 6.45) is 6.04. The van der Waals surface area contributed by atoms with Gasteiger partial charge in [0.2, 0.25) is 0 Å². The molecule has 0 unspecified atom stereocenters. The van der Waals surface area contributed by atoms with Gasteiger partial charge in [-0.1, -0.05) is 26.7 Å². The number of carbonyl (C=O) groups is 1. The summed E-state index contributed by atoms with van der Waals surface area (Å²) in [5, 5.41) is 3.08. The number of nitrogens with one attached hydrogen (secondary N) is 1. The lowest BCUT2D eigenvalue weighted by atomic mass is 10.0. The summed E-state index contributed by atoms with van der Waals surface area (Å²) in [7, 11) is 2.02. The Labute approximate surface area is 133 Å². The molecule has 6 heteroatoms. The molecule has 2 heterocycles. The second-order valence-electron chi connectivity index (χ2n) is 6.09. The molecule has 2 amide bonds. The van der Waals surface area contributed by atoms with Crippen molar-refractivity contribution in [3.8, 4) is 0 Å². The van der Waals surface area contributed by atoms with Crippen LogP contribution < -0.4 is 5.32 Å². The summed E-state index contributed by atoms with van der Waals surface area (Å²) >= 11 is 0. The van der Waals surface area contributed by atoms with Crippen LogP contribution in [0.15, 0.2) is 12.4 Å². The topological polar surface area (TPSA) is 53.4 Å². The molecule has 22 heavy (non-hydrogen) atoms. The minimum Gasteiger partial charge on any atom is -0.338 e. The van der Waals surface area contributed by atoms with E-state index in [9.17, 15) is 4.79 Å². The number of aryl methyl sites for hydroxylation is 1. The Morgan fingerprint density at radius 3 is 2.50 bits per heavy atom. The average Bonchev–Trinajstić information content (AvgIpc) is 2.94. The number of piperazine rings is 1. The van der Waals surface area contributed by atoms with E-state index in [0.717, 1.165) is 57.9 Å². The van der Waals surface area contributed by atoms with Crippen LogP contribution in [0.3, 0.4) is 0 Å². The molecule has 0 atom stereocenters. The van der Waals surface area contributed by atoms with E-state index < -0.39 is 0 Å². The maximum absolute atomic E-state index is 12.2. The maximum Gasteiger partial charge on any atom is 0.317 e. The molecule has 6 nitrogen and oxygen atoms in total. The van der Waals surface area contributed by atoms with E-state index in [1.165, 1.54) is 0 Å². The molecule has 0 saturated carbocycles. The van der Waals surface area contributed by atoms with Gasteiger partial charge in [-0.25, -0.2) is 9.78 Å². The van der Waals surface area contributed by atoms with Crippen molar-refractivity contribution in [1.29, 1.82) is 0 Å². The average molecular weight is 307 g/mol. The van der Waals surface area contributed by atoms with Crippen molar-refractivity contribution < 1.29 is 4.79 Å². The van der Waals surface area contributed by atoms with Crippen molar-refractivity contribution in [2.45, 2.75) is 33.2 Å². The van der Waals surface area contributed by atoms with Crippen molar-refractivity contribution >= 4 is 6.03 Å². The van der Waals surface area contributed by atoms with E-state index in [1.807, 2.05) is 24.3 Å². The van der Waals surface area contributed by atoms with Gasteiger partial charge < -0.3 is 14.8 Å².